The number of rotatable bonds is 5. The highest BCUT2D eigenvalue weighted by Crippen LogP contribution is 2.08. The molecule has 0 aromatic heterocycles. The van der Waals surface area contributed by atoms with Crippen molar-refractivity contribution in [3.05, 3.63) is 0 Å². The Kier molecular flexibility index (Phi) is 5.02. The van der Waals surface area contributed by atoms with Gasteiger partial charge in [0.15, 0.2) is 0 Å². The molecule has 0 aliphatic heterocycles. The van der Waals surface area contributed by atoms with E-state index in [9.17, 15) is 0 Å². The Morgan fingerprint density at radius 1 is 1.00 bits per heavy atom. The van der Waals surface area contributed by atoms with Crippen LogP contribution in [0.3, 0.4) is 0 Å². The smallest absolute Gasteiger partial charge is 0.0455 e. The van der Waals surface area contributed by atoms with Gasteiger partial charge in [0.25, 0.3) is 0 Å². The lowest BCUT2D eigenvalue weighted by Gasteiger charge is -2.23. The van der Waals surface area contributed by atoms with E-state index in [1.165, 1.54) is 25.7 Å². The van der Waals surface area contributed by atoms with E-state index in [1.54, 1.807) is 0 Å². The minimum Gasteiger partial charge on any atom is -0.304 e. The van der Waals surface area contributed by atoms with Crippen molar-refractivity contribution >= 4 is 8.07 Å². The summed E-state index contributed by atoms with van der Waals surface area (Å²) in [4.78, 5) is 2.51. The fourth-order valence-electron chi connectivity index (χ4n) is 1.03. The van der Waals surface area contributed by atoms with Gasteiger partial charge in [-0.3, -0.25) is 0 Å². The van der Waals surface area contributed by atoms with Gasteiger partial charge in [-0.1, -0.05) is 33.5 Å². The van der Waals surface area contributed by atoms with E-state index in [1.807, 2.05) is 0 Å². The van der Waals surface area contributed by atoms with Crippen LogP contribution in [0.15, 0.2) is 0 Å². The van der Waals surface area contributed by atoms with Crippen LogP contribution < -0.4 is 0 Å². The zero-order valence-electron chi connectivity index (χ0n) is 8.78. The predicted octanol–water partition coefficient (Wildman–Crippen LogP) is 2.67. The molecule has 1 nitrogen and oxygen atoms in total. The highest BCUT2D eigenvalue weighted by molar-refractivity contribution is 6.76. The first kappa shape index (κ1) is 11.2. The van der Waals surface area contributed by atoms with E-state index < -0.39 is 8.07 Å². The Morgan fingerprint density at radius 2 is 1.45 bits per heavy atom. The zero-order valence-corrected chi connectivity index (χ0v) is 9.78. The van der Waals surface area contributed by atoms with Gasteiger partial charge in [0.2, 0.25) is 0 Å². The monoisotopic (exact) mass is 173 g/mol. The second-order valence-electron chi connectivity index (χ2n) is 4.34. The molecule has 0 aromatic rings. The molecule has 0 radical (unpaired) electrons. The average molecular weight is 173 g/mol. The van der Waals surface area contributed by atoms with Crippen molar-refractivity contribution in [1.82, 2.24) is 4.90 Å². The molecule has 0 amide bonds. The van der Waals surface area contributed by atoms with Gasteiger partial charge in [-0.25, -0.2) is 0 Å². The van der Waals surface area contributed by atoms with Crippen LogP contribution in [0, 0.1) is 0 Å². The molecule has 0 fully saturated rings. The lowest BCUT2D eigenvalue weighted by Crippen LogP contribution is -2.30. The van der Waals surface area contributed by atoms with Crippen molar-refractivity contribution in [3.63, 3.8) is 0 Å². The molecule has 0 aliphatic rings. The van der Waals surface area contributed by atoms with Crippen LogP contribution in [0.4, 0.5) is 0 Å². The molecule has 0 aliphatic carbocycles. The largest absolute Gasteiger partial charge is 0.304 e. The first-order chi connectivity index (χ1) is 4.99. The van der Waals surface area contributed by atoms with Gasteiger partial charge in [-0.2, -0.15) is 0 Å². The second kappa shape index (κ2) is 4.94. The summed E-state index contributed by atoms with van der Waals surface area (Å²) in [6.07, 6.45) is 0. The van der Waals surface area contributed by atoms with Crippen molar-refractivity contribution in [2.45, 2.75) is 39.5 Å². The molecule has 0 bridgehead atoms. The van der Waals surface area contributed by atoms with Gasteiger partial charge < -0.3 is 4.90 Å². The van der Waals surface area contributed by atoms with Gasteiger partial charge in [0, 0.05) is 8.07 Å². The Bertz CT molecular complexity index is 92.2. The van der Waals surface area contributed by atoms with Gasteiger partial charge >= 0.3 is 0 Å². The molecule has 11 heavy (non-hydrogen) atoms. The van der Waals surface area contributed by atoms with E-state index in [-0.39, 0.29) is 0 Å². The summed E-state index contributed by atoms with van der Waals surface area (Å²) < 4.78 is 0. The number of hydrogen-bond donors (Lipinski definition) is 0. The first-order valence-electron chi connectivity index (χ1n) is 4.72. The SMILES string of the molecule is CCN(CC)CC[Si](C)(C)C. The van der Waals surface area contributed by atoms with Crippen molar-refractivity contribution in [2.24, 2.45) is 0 Å². The van der Waals surface area contributed by atoms with E-state index >= 15 is 0 Å². The maximum Gasteiger partial charge on any atom is 0.0455 e. The third kappa shape index (κ3) is 6.57. The van der Waals surface area contributed by atoms with E-state index in [0.717, 1.165) is 0 Å². The normalized spacial score (nSPS) is 12.5. The molecule has 0 aromatic carbocycles. The summed E-state index contributed by atoms with van der Waals surface area (Å²) in [5, 5.41) is 0. The standard InChI is InChI=1S/C9H23NSi/c1-6-10(7-2)8-9-11(3,4)5/h6-9H2,1-5H3. The van der Waals surface area contributed by atoms with Crippen LogP contribution in [0.25, 0.3) is 0 Å². The van der Waals surface area contributed by atoms with Crippen molar-refractivity contribution in [2.75, 3.05) is 19.6 Å². The Balaban J connectivity index is 3.51. The molecular formula is C9H23NSi. The van der Waals surface area contributed by atoms with Crippen LogP contribution in [0.2, 0.25) is 25.7 Å². The maximum atomic E-state index is 2.51. The molecule has 0 N–H and O–H groups in total. The molecular weight excluding hydrogens is 150 g/mol. The number of nitrogens with zero attached hydrogens (tertiary/aromatic N) is 1. The van der Waals surface area contributed by atoms with E-state index in [0.29, 0.717) is 0 Å². The minimum absolute atomic E-state index is 0.794. The molecule has 0 spiro atoms. The van der Waals surface area contributed by atoms with Gasteiger partial charge in [-0.15, -0.1) is 0 Å². The van der Waals surface area contributed by atoms with Crippen molar-refractivity contribution in [1.29, 1.82) is 0 Å². The lowest BCUT2D eigenvalue weighted by atomic mass is 10.5. The molecule has 0 unspecified atom stereocenters. The highest BCUT2D eigenvalue weighted by atomic mass is 28.3. The summed E-state index contributed by atoms with van der Waals surface area (Å²) in [6, 6.07) is 1.44. The third-order valence-corrected chi connectivity index (χ3v) is 3.80. The van der Waals surface area contributed by atoms with Crippen LogP contribution >= 0.6 is 0 Å². The summed E-state index contributed by atoms with van der Waals surface area (Å²) >= 11 is 0. The third-order valence-electron chi connectivity index (χ3n) is 2.07. The fourth-order valence-corrected chi connectivity index (χ4v) is 2.02. The van der Waals surface area contributed by atoms with Crippen LogP contribution in [0.5, 0.6) is 0 Å². The van der Waals surface area contributed by atoms with Crippen LogP contribution in [-0.2, 0) is 0 Å². The summed E-state index contributed by atoms with van der Waals surface area (Å²) in [6.45, 7) is 15.5. The molecule has 0 atom stereocenters. The van der Waals surface area contributed by atoms with Crippen molar-refractivity contribution in [3.8, 4) is 0 Å². The fraction of sp³-hybridized carbons (Fsp3) is 1.00. The summed E-state index contributed by atoms with van der Waals surface area (Å²) in [5.74, 6) is 0. The molecule has 0 heterocycles. The molecule has 0 saturated heterocycles. The van der Waals surface area contributed by atoms with Gasteiger partial charge in [0.05, 0.1) is 0 Å². The van der Waals surface area contributed by atoms with Crippen LogP contribution in [-0.4, -0.2) is 32.6 Å². The molecule has 2 heteroatoms. The lowest BCUT2D eigenvalue weighted by molar-refractivity contribution is 0.320. The van der Waals surface area contributed by atoms with E-state index in [4.69, 9.17) is 0 Å². The summed E-state index contributed by atoms with van der Waals surface area (Å²) in [5.41, 5.74) is 0. The number of hydrogen-bond acceptors (Lipinski definition) is 1. The van der Waals surface area contributed by atoms with Crippen LogP contribution in [0.1, 0.15) is 13.8 Å². The summed E-state index contributed by atoms with van der Waals surface area (Å²) in [7, 11) is -0.794. The molecule has 0 rings (SSSR count). The molecule has 68 valence electrons. The Labute approximate surface area is 72.8 Å². The second-order valence-corrected chi connectivity index (χ2v) is 9.96. The predicted molar refractivity (Wildman–Crippen MR) is 55.9 cm³/mol. The Morgan fingerprint density at radius 3 is 1.73 bits per heavy atom. The zero-order chi connectivity index (χ0) is 8.91. The van der Waals surface area contributed by atoms with Crippen molar-refractivity contribution < 1.29 is 0 Å². The Hall–Kier alpha value is 0.177. The maximum absolute atomic E-state index is 2.51. The quantitative estimate of drug-likeness (QED) is 0.578. The first-order valence-corrected chi connectivity index (χ1v) is 8.42. The highest BCUT2D eigenvalue weighted by Gasteiger charge is 2.13. The van der Waals surface area contributed by atoms with Gasteiger partial charge in [-0.05, 0) is 25.7 Å². The topological polar surface area (TPSA) is 3.24 Å². The average Bonchev–Trinajstić information content (AvgIpc) is 1.88. The molecule has 0 saturated carbocycles. The van der Waals surface area contributed by atoms with Gasteiger partial charge in [0.1, 0.15) is 0 Å². The van der Waals surface area contributed by atoms with E-state index in [2.05, 4.69) is 38.4 Å². The minimum atomic E-state index is -0.794.